The van der Waals surface area contributed by atoms with Crippen molar-refractivity contribution in [3.05, 3.63) is 84.4 Å². The van der Waals surface area contributed by atoms with Gasteiger partial charge in [-0.3, -0.25) is 4.79 Å². The quantitative estimate of drug-likeness (QED) is 0.668. The van der Waals surface area contributed by atoms with Crippen LogP contribution in [0.25, 0.3) is 0 Å². The smallest absolute Gasteiger partial charge is 0.243 e. The van der Waals surface area contributed by atoms with Gasteiger partial charge in [-0.05, 0) is 48.5 Å². The van der Waals surface area contributed by atoms with Gasteiger partial charge in [0.05, 0.1) is 6.54 Å². The topological polar surface area (TPSA) is 50.4 Å². The van der Waals surface area contributed by atoms with Gasteiger partial charge in [0.2, 0.25) is 5.91 Å². The summed E-state index contributed by atoms with van der Waals surface area (Å²) in [6.45, 7) is -0.264. The lowest BCUT2D eigenvalue weighted by Crippen LogP contribution is -2.22. The highest BCUT2D eigenvalue weighted by Crippen LogP contribution is 2.22. The maximum Gasteiger partial charge on any atom is 0.243 e. The van der Waals surface area contributed by atoms with Crippen molar-refractivity contribution in [1.82, 2.24) is 0 Å². The number of nitrogens with one attached hydrogen (secondary N) is 2. The first-order valence-corrected chi connectivity index (χ1v) is 7.92. The van der Waals surface area contributed by atoms with E-state index in [1.54, 1.807) is 24.3 Å². The number of amides is 1. The van der Waals surface area contributed by atoms with Crippen molar-refractivity contribution >= 4 is 17.3 Å². The van der Waals surface area contributed by atoms with Gasteiger partial charge in [0, 0.05) is 5.69 Å². The lowest BCUT2D eigenvalue weighted by molar-refractivity contribution is -0.114. The molecule has 132 valence electrons. The number of halogens is 2. The number of carbonyl (C=O) groups excluding carboxylic acids is 1. The highest BCUT2D eigenvalue weighted by molar-refractivity contribution is 5.93. The van der Waals surface area contributed by atoms with Crippen molar-refractivity contribution in [2.75, 3.05) is 17.2 Å². The molecule has 0 heterocycles. The Hall–Kier alpha value is -3.41. The molecular formula is C20H16F2N2O2. The van der Waals surface area contributed by atoms with Crippen molar-refractivity contribution in [2.24, 2.45) is 0 Å². The maximum absolute atomic E-state index is 13.5. The summed E-state index contributed by atoms with van der Waals surface area (Å²) in [6, 6.07) is 19.6. The third kappa shape index (κ3) is 4.57. The van der Waals surface area contributed by atoms with Crippen LogP contribution in [0.2, 0.25) is 0 Å². The Morgan fingerprint density at radius 1 is 0.808 bits per heavy atom. The molecule has 0 radical (unpaired) electrons. The molecule has 3 rings (SSSR count). The van der Waals surface area contributed by atoms with Gasteiger partial charge >= 0.3 is 0 Å². The van der Waals surface area contributed by atoms with E-state index in [2.05, 4.69) is 10.6 Å². The van der Waals surface area contributed by atoms with Crippen molar-refractivity contribution in [1.29, 1.82) is 0 Å². The minimum atomic E-state index is -0.750. The summed E-state index contributed by atoms with van der Waals surface area (Å²) >= 11 is 0. The van der Waals surface area contributed by atoms with Gasteiger partial charge in [0.25, 0.3) is 0 Å². The van der Waals surface area contributed by atoms with E-state index in [1.165, 1.54) is 6.07 Å². The van der Waals surface area contributed by atoms with Crippen LogP contribution >= 0.6 is 0 Å². The van der Waals surface area contributed by atoms with Crippen LogP contribution in [0.15, 0.2) is 72.8 Å². The zero-order valence-corrected chi connectivity index (χ0v) is 13.7. The molecule has 0 aliphatic heterocycles. The van der Waals surface area contributed by atoms with Crippen LogP contribution < -0.4 is 15.4 Å². The van der Waals surface area contributed by atoms with E-state index in [4.69, 9.17) is 4.74 Å². The second-order valence-corrected chi connectivity index (χ2v) is 5.44. The first-order valence-electron chi connectivity index (χ1n) is 7.92. The highest BCUT2D eigenvalue weighted by Gasteiger charge is 2.10. The molecule has 3 aromatic rings. The van der Waals surface area contributed by atoms with E-state index in [0.29, 0.717) is 17.2 Å². The Morgan fingerprint density at radius 2 is 1.42 bits per heavy atom. The van der Waals surface area contributed by atoms with Crippen molar-refractivity contribution in [2.45, 2.75) is 0 Å². The number of hydrogen-bond acceptors (Lipinski definition) is 3. The van der Waals surface area contributed by atoms with E-state index >= 15 is 0 Å². The van der Waals surface area contributed by atoms with Gasteiger partial charge in [-0.1, -0.05) is 24.3 Å². The van der Waals surface area contributed by atoms with E-state index in [9.17, 15) is 13.6 Å². The molecule has 6 heteroatoms. The van der Waals surface area contributed by atoms with Crippen LogP contribution in [-0.2, 0) is 4.79 Å². The Balaban J connectivity index is 1.54. The average molecular weight is 354 g/mol. The number of hydrogen-bond donors (Lipinski definition) is 2. The lowest BCUT2D eigenvalue weighted by Gasteiger charge is -2.10. The van der Waals surface area contributed by atoms with E-state index in [-0.39, 0.29) is 12.2 Å². The largest absolute Gasteiger partial charge is 0.457 e. The first kappa shape index (κ1) is 17.4. The van der Waals surface area contributed by atoms with Gasteiger partial charge in [-0.15, -0.1) is 0 Å². The first-order chi connectivity index (χ1) is 12.6. The summed E-state index contributed by atoms with van der Waals surface area (Å²) in [5.41, 5.74) is 0.223. The Kier molecular flexibility index (Phi) is 5.43. The van der Waals surface area contributed by atoms with Crippen LogP contribution in [-0.4, -0.2) is 12.5 Å². The third-order valence-corrected chi connectivity index (χ3v) is 3.51. The van der Waals surface area contributed by atoms with Crippen molar-refractivity contribution in [3.63, 3.8) is 0 Å². The standard InChI is InChI=1S/C20H16F2N2O2/c21-17-7-4-8-18(22)20(17)23-13-19(25)24-14-9-11-16(12-10-14)26-15-5-2-1-3-6-15/h1-12,23H,13H2,(H,24,25). The molecule has 0 atom stereocenters. The fraction of sp³-hybridized carbons (Fsp3) is 0.0500. The molecule has 0 aliphatic rings. The molecule has 1 amide bonds. The fourth-order valence-electron chi connectivity index (χ4n) is 2.27. The molecule has 0 saturated carbocycles. The normalized spacial score (nSPS) is 10.2. The predicted molar refractivity (Wildman–Crippen MR) is 96.4 cm³/mol. The highest BCUT2D eigenvalue weighted by atomic mass is 19.1. The zero-order valence-electron chi connectivity index (χ0n) is 13.7. The van der Waals surface area contributed by atoms with E-state index in [1.807, 2.05) is 30.3 Å². The maximum atomic E-state index is 13.5. The van der Waals surface area contributed by atoms with Gasteiger partial charge in [-0.25, -0.2) is 8.78 Å². The van der Waals surface area contributed by atoms with Crippen LogP contribution in [0, 0.1) is 11.6 Å². The summed E-state index contributed by atoms with van der Waals surface area (Å²) in [5, 5.41) is 5.10. The number of para-hydroxylation sites is 2. The van der Waals surface area contributed by atoms with Gasteiger partial charge in [-0.2, -0.15) is 0 Å². The van der Waals surface area contributed by atoms with Gasteiger partial charge in [0.15, 0.2) is 0 Å². The Morgan fingerprint density at radius 3 is 2.08 bits per heavy atom. The number of anilines is 2. The minimum Gasteiger partial charge on any atom is -0.457 e. The monoisotopic (exact) mass is 354 g/mol. The summed E-state index contributed by atoms with van der Waals surface area (Å²) in [6.07, 6.45) is 0. The molecule has 0 spiro atoms. The molecule has 0 saturated heterocycles. The predicted octanol–water partition coefficient (Wildman–Crippen LogP) is 4.81. The SMILES string of the molecule is O=C(CNc1c(F)cccc1F)Nc1ccc(Oc2ccccc2)cc1. The summed E-state index contributed by atoms with van der Waals surface area (Å²) in [7, 11) is 0. The molecule has 26 heavy (non-hydrogen) atoms. The zero-order chi connectivity index (χ0) is 18.4. The average Bonchev–Trinajstić information content (AvgIpc) is 2.64. The summed E-state index contributed by atoms with van der Waals surface area (Å²) in [4.78, 5) is 11.9. The number of rotatable bonds is 6. The van der Waals surface area contributed by atoms with Crippen LogP contribution in [0.4, 0.5) is 20.2 Å². The molecule has 0 aromatic heterocycles. The molecule has 2 N–H and O–H groups in total. The fourth-order valence-corrected chi connectivity index (χ4v) is 2.27. The van der Waals surface area contributed by atoms with E-state index in [0.717, 1.165) is 12.1 Å². The van der Waals surface area contributed by atoms with E-state index < -0.39 is 17.5 Å². The Bertz CT molecular complexity index is 864. The molecule has 0 unspecified atom stereocenters. The molecule has 0 bridgehead atoms. The number of benzene rings is 3. The second kappa shape index (κ2) is 8.11. The van der Waals surface area contributed by atoms with Crippen molar-refractivity contribution < 1.29 is 18.3 Å². The summed E-state index contributed by atoms with van der Waals surface area (Å²) in [5.74, 6) is -0.592. The molecule has 0 fully saturated rings. The number of ether oxygens (including phenoxy) is 1. The van der Waals surface area contributed by atoms with Crippen LogP contribution in [0.3, 0.4) is 0 Å². The summed E-state index contributed by atoms with van der Waals surface area (Å²) < 4.78 is 32.7. The molecule has 0 aliphatic carbocycles. The molecule has 4 nitrogen and oxygen atoms in total. The number of carbonyl (C=O) groups is 1. The Labute approximate surface area is 149 Å². The third-order valence-electron chi connectivity index (χ3n) is 3.51. The minimum absolute atomic E-state index is 0.264. The van der Waals surface area contributed by atoms with Crippen molar-refractivity contribution in [3.8, 4) is 11.5 Å². The second-order valence-electron chi connectivity index (χ2n) is 5.44. The molecular weight excluding hydrogens is 338 g/mol. The van der Waals surface area contributed by atoms with Crippen LogP contribution in [0.5, 0.6) is 11.5 Å². The lowest BCUT2D eigenvalue weighted by atomic mass is 10.2. The van der Waals surface area contributed by atoms with Crippen LogP contribution in [0.1, 0.15) is 0 Å². The molecule has 3 aromatic carbocycles. The van der Waals surface area contributed by atoms with Gasteiger partial charge < -0.3 is 15.4 Å². The van der Waals surface area contributed by atoms with Gasteiger partial charge in [0.1, 0.15) is 28.8 Å².